The SMILES string of the molecule is COc1c(Cl)cccc1Nc1c(-c2ccnc3ccc(OC4CC4)nc23)[nH]c2c1C(=O)OCC2. The molecule has 1 saturated carbocycles. The average molecular weight is 477 g/mol. The van der Waals surface area contributed by atoms with Gasteiger partial charge < -0.3 is 24.5 Å². The monoisotopic (exact) mass is 476 g/mol. The van der Waals surface area contributed by atoms with Crippen molar-refractivity contribution < 1.29 is 19.0 Å². The molecule has 34 heavy (non-hydrogen) atoms. The number of ether oxygens (including phenoxy) is 3. The zero-order chi connectivity index (χ0) is 23.2. The molecule has 1 aliphatic carbocycles. The van der Waals surface area contributed by atoms with Gasteiger partial charge in [0, 0.05) is 29.9 Å². The Hall–Kier alpha value is -3.78. The zero-order valence-corrected chi connectivity index (χ0v) is 19.1. The molecule has 172 valence electrons. The topological polar surface area (TPSA) is 98.4 Å². The van der Waals surface area contributed by atoms with Gasteiger partial charge in [-0.05, 0) is 37.1 Å². The van der Waals surface area contributed by atoms with Crippen molar-refractivity contribution in [2.24, 2.45) is 0 Å². The molecule has 0 amide bonds. The lowest BCUT2D eigenvalue weighted by atomic mass is 10.1. The largest absolute Gasteiger partial charge is 0.493 e. The number of anilines is 2. The molecular formula is C25H21ClN4O4. The number of pyridine rings is 2. The third-order valence-electron chi connectivity index (χ3n) is 5.94. The minimum Gasteiger partial charge on any atom is -0.493 e. The Kier molecular flexibility index (Phi) is 5.03. The number of esters is 1. The van der Waals surface area contributed by atoms with Gasteiger partial charge in [0.05, 0.1) is 41.3 Å². The van der Waals surface area contributed by atoms with Gasteiger partial charge in [0.25, 0.3) is 0 Å². The van der Waals surface area contributed by atoms with Gasteiger partial charge in [0.1, 0.15) is 17.2 Å². The van der Waals surface area contributed by atoms with Gasteiger partial charge >= 0.3 is 5.97 Å². The van der Waals surface area contributed by atoms with Crippen molar-refractivity contribution in [3.63, 3.8) is 0 Å². The number of hydrogen-bond donors (Lipinski definition) is 2. The number of rotatable bonds is 6. The van der Waals surface area contributed by atoms with Crippen LogP contribution in [0.15, 0.2) is 42.6 Å². The van der Waals surface area contributed by atoms with Crippen LogP contribution in [0.25, 0.3) is 22.3 Å². The highest BCUT2D eigenvalue weighted by Crippen LogP contribution is 2.42. The maximum atomic E-state index is 12.8. The number of aromatic amines is 1. The van der Waals surface area contributed by atoms with Gasteiger partial charge in [0.15, 0.2) is 5.75 Å². The Balaban J connectivity index is 1.54. The standard InChI is InChI=1S/C25H21ClN4O4/c1-32-24-15(26)3-2-4-18(24)29-23-20-16(10-12-33-25(20)31)28-22(23)14-9-11-27-17-7-8-19(30-21(14)17)34-13-5-6-13/h2-4,7-9,11,13,28-29H,5-6,10,12H2,1H3. The summed E-state index contributed by atoms with van der Waals surface area (Å²) < 4.78 is 16.8. The second-order valence-electron chi connectivity index (χ2n) is 8.25. The van der Waals surface area contributed by atoms with E-state index in [9.17, 15) is 4.79 Å². The second-order valence-corrected chi connectivity index (χ2v) is 8.66. The summed E-state index contributed by atoms with van der Waals surface area (Å²) >= 11 is 6.34. The van der Waals surface area contributed by atoms with Crippen molar-refractivity contribution in [1.82, 2.24) is 15.0 Å². The molecule has 0 saturated heterocycles. The van der Waals surface area contributed by atoms with E-state index in [1.165, 1.54) is 0 Å². The molecule has 2 N–H and O–H groups in total. The fraction of sp³-hybridized carbons (Fsp3) is 0.240. The molecule has 0 spiro atoms. The van der Waals surface area contributed by atoms with Gasteiger partial charge in [0.2, 0.25) is 5.88 Å². The third kappa shape index (κ3) is 3.60. The van der Waals surface area contributed by atoms with Crippen molar-refractivity contribution in [1.29, 1.82) is 0 Å². The molecule has 0 atom stereocenters. The molecule has 4 aromatic rings. The van der Waals surface area contributed by atoms with Gasteiger partial charge in [-0.15, -0.1) is 0 Å². The number of hydrogen-bond acceptors (Lipinski definition) is 7. The van der Waals surface area contributed by atoms with E-state index in [-0.39, 0.29) is 6.10 Å². The summed E-state index contributed by atoms with van der Waals surface area (Å²) in [7, 11) is 1.55. The number of halogens is 1. The van der Waals surface area contributed by atoms with E-state index in [0.29, 0.717) is 57.8 Å². The Labute approximate surface area is 200 Å². The third-order valence-corrected chi connectivity index (χ3v) is 6.23. The number of methoxy groups -OCH3 is 1. The Morgan fingerprint density at radius 3 is 2.91 bits per heavy atom. The van der Waals surface area contributed by atoms with E-state index in [1.54, 1.807) is 19.4 Å². The molecule has 0 bridgehead atoms. The Bertz CT molecular complexity index is 1430. The molecule has 1 fully saturated rings. The maximum Gasteiger partial charge on any atom is 0.342 e. The van der Waals surface area contributed by atoms with Gasteiger partial charge in [-0.25, -0.2) is 9.78 Å². The normalized spacial score (nSPS) is 15.1. The summed E-state index contributed by atoms with van der Waals surface area (Å²) in [6.07, 6.45) is 4.61. The lowest BCUT2D eigenvalue weighted by molar-refractivity contribution is 0.0480. The minimum absolute atomic E-state index is 0.227. The van der Waals surface area contributed by atoms with Crippen LogP contribution >= 0.6 is 11.6 Å². The van der Waals surface area contributed by atoms with Crippen molar-refractivity contribution in [3.8, 4) is 22.9 Å². The predicted octanol–water partition coefficient (Wildman–Crippen LogP) is 5.28. The van der Waals surface area contributed by atoms with Crippen LogP contribution in [-0.4, -0.2) is 40.7 Å². The number of carbonyl (C=O) groups is 1. The first-order valence-corrected chi connectivity index (χ1v) is 11.4. The van der Waals surface area contributed by atoms with Gasteiger partial charge in [-0.1, -0.05) is 17.7 Å². The first-order valence-electron chi connectivity index (χ1n) is 11.1. The number of para-hydroxylation sites is 1. The van der Waals surface area contributed by atoms with Crippen LogP contribution < -0.4 is 14.8 Å². The number of H-pyrrole nitrogens is 1. The second kappa shape index (κ2) is 8.22. The first-order chi connectivity index (χ1) is 16.6. The Morgan fingerprint density at radius 1 is 1.21 bits per heavy atom. The van der Waals surface area contributed by atoms with Crippen LogP contribution in [0.4, 0.5) is 11.4 Å². The highest BCUT2D eigenvalue weighted by Gasteiger charge is 2.30. The summed E-state index contributed by atoms with van der Waals surface area (Å²) in [6, 6.07) is 11.0. The molecule has 1 aliphatic heterocycles. The highest BCUT2D eigenvalue weighted by atomic mass is 35.5. The van der Waals surface area contributed by atoms with Crippen molar-refractivity contribution in [3.05, 3.63) is 58.9 Å². The number of aromatic nitrogens is 3. The summed E-state index contributed by atoms with van der Waals surface area (Å²) in [4.78, 5) is 25.5. The van der Waals surface area contributed by atoms with Crippen LogP contribution in [-0.2, 0) is 11.2 Å². The lowest BCUT2D eigenvalue weighted by Gasteiger charge is -2.16. The summed E-state index contributed by atoms with van der Waals surface area (Å²) in [5, 5.41) is 3.83. The molecule has 6 rings (SSSR count). The summed E-state index contributed by atoms with van der Waals surface area (Å²) in [6.45, 7) is 0.320. The molecule has 9 heteroatoms. The molecule has 0 radical (unpaired) electrons. The first kappa shape index (κ1) is 20.8. The average Bonchev–Trinajstić information content (AvgIpc) is 3.58. The summed E-state index contributed by atoms with van der Waals surface area (Å²) in [5.41, 5.74) is 5.34. The quantitative estimate of drug-likeness (QED) is 0.365. The van der Waals surface area contributed by atoms with Crippen LogP contribution in [0.3, 0.4) is 0 Å². The molecule has 2 aliphatic rings. The highest BCUT2D eigenvalue weighted by molar-refractivity contribution is 6.32. The number of carbonyl (C=O) groups excluding carboxylic acids is 1. The number of benzene rings is 1. The van der Waals surface area contributed by atoms with E-state index in [1.807, 2.05) is 30.3 Å². The molecule has 3 aromatic heterocycles. The van der Waals surface area contributed by atoms with Gasteiger partial charge in [-0.2, -0.15) is 0 Å². The zero-order valence-electron chi connectivity index (χ0n) is 18.4. The maximum absolute atomic E-state index is 12.8. The smallest absolute Gasteiger partial charge is 0.342 e. The summed E-state index contributed by atoms with van der Waals surface area (Å²) in [5.74, 6) is 0.648. The van der Waals surface area contributed by atoms with Crippen LogP contribution in [0.2, 0.25) is 5.02 Å². The minimum atomic E-state index is -0.392. The van der Waals surface area contributed by atoms with Crippen LogP contribution in [0.5, 0.6) is 11.6 Å². The van der Waals surface area contributed by atoms with E-state index in [4.69, 9.17) is 30.8 Å². The van der Waals surface area contributed by atoms with E-state index >= 15 is 0 Å². The number of nitrogens with zero attached hydrogens (tertiary/aromatic N) is 2. The fourth-order valence-electron chi connectivity index (χ4n) is 4.19. The molecule has 4 heterocycles. The lowest BCUT2D eigenvalue weighted by Crippen LogP contribution is -2.17. The molecule has 0 unspecified atom stereocenters. The molecular weight excluding hydrogens is 456 g/mol. The van der Waals surface area contributed by atoms with Crippen molar-refractivity contribution in [2.45, 2.75) is 25.4 Å². The van der Waals surface area contributed by atoms with Crippen LogP contribution in [0, 0.1) is 0 Å². The molecule has 8 nitrogen and oxygen atoms in total. The Morgan fingerprint density at radius 2 is 2.09 bits per heavy atom. The number of nitrogens with one attached hydrogen (secondary N) is 2. The van der Waals surface area contributed by atoms with Gasteiger partial charge in [-0.3, -0.25) is 4.98 Å². The van der Waals surface area contributed by atoms with Crippen LogP contribution in [0.1, 0.15) is 28.9 Å². The van der Waals surface area contributed by atoms with E-state index in [0.717, 1.165) is 29.6 Å². The van der Waals surface area contributed by atoms with E-state index in [2.05, 4.69) is 15.3 Å². The fourth-order valence-corrected chi connectivity index (χ4v) is 4.44. The van der Waals surface area contributed by atoms with Crippen molar-refractivity contribution in [2.75, 3.05) is 19.0 Å². The number of cyclic esters (lactones) is 1. The van der Waals surface area contributed by atoms with Crippen molar-refractivity contribution >= 4 is 40.0 Å². The molecule has 1 aromatic carbocycles. The number of fused-ring (bicyclic) bond motifs is 2. The van der Waals surface area contributed by atoms with E-state index < -0.39 is 5.97 Å². The predicted molar refractivity (Wildman–Crippen MR) is 128 cm³/mol.